The number of para-hydroxylation sites is 1. The first-order valence-corrected chi connectivity index (χ1v) is 7.06. The predicted octanol–water partition coefficient (Wildman–Crippen LogP) is 4.75. The van der Waals surface area contributed by atoms with Gasteiger partial charge >= 0.3 is 0 Å². The highest BCUT2D eigenvalue weighted by molar-refractivity contribution is 6.31. The molecule has 0 bridgehead atoms. The van der Waals surface area contributed by atoms with Gasteiger partial charge in [0.1, 0.15) is 0 Å². The summed E-state index contributed by atoms with van der Waals surface area (Å²) in [4.78, 5) is 0. The molecule has 0 spiro atoms. The highest BCUT2D eigenvalue weighted by Crippen LogP contribution is 2.25. The third kappa shape index (κ3) is 2.27. The van der Waals surface area contributed by atoms with E-state index in [9.17, 15) is 0 Å². The summed E-state index contributed by atoms with van der Waals surface area (Å²) >= 11 is 6.15. The minimum atomic E-state index is 0.794. The van der Waals surface area contributed by atoms with Crippen LogP contribution in [-0.4, -0.2) is 4.57 Å². The minimum Gasteiger partial charge on any atom is -0.381 e. The molecular formula is C17H17ClN2. The van der Waals surface area contributed by atoms with E-state index >= 15 is 0 Å². The molecular weight excluding hydrogens is 268 g/mol. The van der Waals surface area contributed by atoms with E-state index in [0.29, 0.717) is 0 Å². The van der Waals surface area contributed by atoms with Crippen molar-refractivity contribution in [3.63, 3.8) is 0 Å². The first-order chi connectivity index (χ1) is 9.66. The molecule has 0 unspecified atom stereocenters. The average molecular weight is 285 g/mol. The van der Waals surface area contributed by atoms with E-state index in [4.69, 9.17) is 11.6 Å². The van der Waals surface area contributed by atoms with E-state index in [0.717, 1.165) is 22.8 Å². The van der Waals surface area contributed by atoms with Gasteiger partial charge in [-0.15, -0.1) is 0 Å². The summed E-state index contributed by atoms with van der Waals surface area (Å²) in [5.41, 5.74) is 4.73. The molecule has 3 aromatic rings. The van der Waals surface area contributed by atoms with Gasteiger partial charge in [-0.3, -0.25) is 0 Å². The number of rotatable bonds is 3. The summed E-state index contributed by atoms with van der Waals surface area (Å²) in [5, 5.41) is 5.57. The first-order valence-electron chi connectivity index (χ1n) is 6.69. The molecule has 0 fully saturated rings. The van der Waals surface area contributed by atoms with Gasteiger partial charge in [-0.25, -0.2) is 0 Å². The summed E-state index contributed by atoms with van der Waals surface area (Å²) in [6.07, 6.45) is 2.18. The molecule has 3 rings (SSSR count). The molecule has 0 aliphatic heterocycles. The van der Waals surface area contributed by atoms with Crippen LogP contribution in [0.5, 0.6) is 0 Å². The van der Waals surface area contributed by atoms with Gasteiger partial charge in [0.2, 0.25) is 0 Å². The Bertz CT molecular complexity index is 759. The first kappa shape index (κ1) is 13.1. The van der Waals surface area contributed by atoms with Gasteiger partial charge in [0.25, 0.3) is 0 Å². The Balaban J connectivity index is 1.89. The number of nitrogens with zero attached hydrogens (tertiary/aromatic N) is 1. The number of nitrogens with one attached hydrogen (secondary N) is 1. The zero-order valence-corrected chi connectivity index (χ0v) is 12.4. The zero-order valence-electron chi connectivity index (χ0n) is 11.7. The van der Waals surface area contributed by atoms with Gasteiger partial charge in [0.05, 0.1) is 0 Å². The van der Waals surface area contributed by atoms with Crippen molar-refractivity contribution in [1.82, 2.24) is 4.57 Å². The smallest absolute Gasteiger partial charge is 0.0481 e. The number of hydrogen-bond donors (Lipinski definition) is 1. The second-order valence-corrected chi connectivity index (χ2v) is 5.46. The number of aryl methyl sites for hydroxylation is 1. The maximum Gasteiger partial charge on any atom is 0.0481 e. The van der Waals surface area contributed by atoms with Crippen LogP contribution in [0.4, 0.5) is 5.69 Å². The van der Waals surface area contributed by atoms with Crippen molar-refractivity contribution in [2.45, 2.75) is 13.5 Å². The van der Waals surface area contributed by atoms with Crippen LogP contribution in [0, 0.1) is 6.92 Å². The van der Waals surface area contributed by atoms with Crippen molar-refractivity contribution >= 4 is 28.2 Å². The summed E-state index contributed by atoms with van der Waals surface area (Å²) in [7, 11) is 2.08. The van der Waals surface area contributed by atoms with Crippen molar-refractivity contribution in [1.29, 1.82) is 0 Å². The third-order valence-corrected chi connectivity index (χ3v) is 4.13. The minimum absolute atomic E-state index is 0.794. The number of anilines is 1. The van der Waals surface area contributed by atoms with Crippen LogP contribution in [0.1, 0.15) is 11.1 Å². The van der Waals surface area contributed by atoms with Crippen molar-refractivity contribution in [3.05, 3.63) is 64.8 Å². The normalized spacial score (nSPS) is 10.9. The Kier molecular flexibility index (Phi) is 3.41. The Labute approximate surface area is 124 Å². The second-order valence-electron chi connectivity index (χ2n) is 5.05. The zero-order chi connectivity index (χ0) is 14.1. The molecule has 20 heavy (non-hydrogen) atoms. The van der Waals surface area contributed by atoms with Gasteiger partial charge in [-0.1, -0.05) is 35.9 Å². The van der Waals surface area contributed by atoms with E-state index in [-0.39, 0.29) is 0 Å². The summed E-state index contributed by atoms with van der Waals surface area (Å²) in [6.45, 7) is 2.83. The highest BCUT2D eigenvalue weighted by Gasteiger charge is 2.07. The molecule has 102 valence electrons. The largest absolute Gasteiger partial charge is 0.381 e. The molecule has 0 radical (unpaired) electrons. The summed E-state index contributed by atoms with van der Waals surface area (Å²) in [5.74, 6) is 0. The third-order valence-electron chi connectivity index (χ3n) is 3.72. The van der Waals surface area contributed by atoms with Crippen LogP contribution >= 0.6 is 11.6 Å². The number of benzene rings is 2. The predicted molar refractivity (Wildman–Crippen MR) is 86.4 cm³/mol. The van der Waals surface area contributed by atoms with Crippen molar-refractivity contribution in [2.75, 3.05) is 5.32 Å². The van der Waals surface area contributed by atoms with Crippen LogP contribution in [0.15, 0.2) is 48.7 Å². The van der Waals surface area contributed by atoms with Crippen LogP contribution in [0.25, 0.3) is 10.9 Å². The molecule has 1 N–H and O–H groups in total. The molecule has 0 aliphatic carbocycles. The molecule has 1 heterocycles. The van der Waals surface area contributed by atoms with E-state index in [1.807, 2.05) is 19.1 Å². The lowest BCUT2D eigenvalue weighted by Gasteiger charge is -2.10. The SMILES string of the molecule is Cc1c(Cl)cccc1NCc1cn(C)c2ccccc12. The van der Waals surface area contributed by atoms with E-state index in [1.165, 1.54) is 16.5 Å². The fraction of sp³-hybridized carbons (Fsp3) is 0.176. The molecule has 0 saturated heterocycles. The van der Waals surface area contributed by atoms with Crippen LogP contribution in [0.2, 0.25) is 5.02 Å². The molecule has 1 aromatic heterocycles. The fourth-order valence-corrected chi connectivity index (χ4v) is 2.73. The monoisotopic (exact) mass is 284 g/mol. The van der Waals surface area contributed by atoms with Crippen LogP contribution in [0.3, 0.4) is 0 Å². The fourth-order valence-electron chi connectivity index (χ4n) is 2.56. The van der Waals surface area contributed by atoms with E-state index in [1.54, 1.807) is 0 Å². The van der Waals surface area contributed by atoms with Gasteiger partial charge in [-0.2, -0.15) is 0 Å². The Morgan fingerprint density at radius 2 is 1.90 bits per heavy atom. The van der Waals surface area contributed by atoms with E-state index in [2.05, 4.69) is 53.5 Å². The Morgan fingerprint density at radius 3 is 2.75 bits per heavy atom. The van der Waals surface area contributed by atoms with Crippen molar-refractivity contribution in [2.24, 2.45) is 7.05 Å². The number of halogens is 1. The number of fused-ring (bicyclic) bond motifs is 1. The van der Waals surface area contributed by atoms with Gasteiger partial charge in [-0.05, 0) is 36.2 Å². The van der Waals surface area contributed by atoms with Gasteiger partial charge in [0.15, 0.2) is 0 Å². The molecule has 2 aromatic carbocycles. The van der Waals surface area contributed by atoms with Gasteiger partial charge in [0, 0.05) is 41.4 Å². The average Bonchev–Trinajstić information content (AvgIpc) is 2.78. The number of hydrogen-bond acceptors (Lipinski definition) is 1. The Morgan fingerprint density at radius 1 is 1.10 bits per heavy atom. The second kappa shape index (κ2) is 5.22. The van der Waals surface area contributed by atoms with Crippen LogP contribution < -0.4 is 5.32 Å². The van der Waals surface area contributed by atoms with E-state index < -0.39 is 0 Å². The molecule has 0 atom stereocenters. The standard InChI is InChI=1S/C17H17ClN2/c1-12-15(18)7-5-8-16(12)19-10-13-11-20(2)17-9-4-3-6-14(13)17/h3-9,11,19H,10H2,1-2H3. The van der Waals surface area contributed by atoms with Crippen molar-refractivity contribution < 1.29 is 0 Å². The van der Waals surface area contributed by atoms with Crippen LogP contribution in [-0.2, 0) is 13.6 Å². The maximum atomic E-state index is 6.15. The molecule has 3 heteroatoms. The number of aromatic nitrogens is 1. The molecule has 0 aliphatic rings. The lowest BCUT2D eigenvalue weighted by Crippen LogP contribution is -2.00. The lowest BCUT2D eigenvalue weighted by molar-refractivity contribution is 0.955. The Hall–Kier alpha value is -1.93. The topological polar surface area (TPSA) is 17.0 Å². The van der Waals surface area contributed by atoms with Gasteiger partial charge < -0.3 is 9.88 Å². The highest BCUT2D eigenvalue weighted by atomic mass is 35.5. The maximum absolute atomic E-state index is 6.15. The molecule has 0 amide bonds. The summed E-state index contributed by atoms with van der Waals surface area (Å²) in [6, 6.07) is 14.4. The molecule has 2 nitrogen and oxygen atoms in total. The quantitative estimate of drug-likeness (QED) is 0.734. The summed E-state index contributed by atoms with van der Waals surface area (Å²) < 4.78 is 2.16. The van der Waals surface area contributed by atoms with Crippen molar-refractivity contribution in [3.8, 4) is 0 Å². The lowest BCUT2D eigenvalue weighted by atomic mass is 10.1. The molecule has 0 saturated carbocycles.